The summed E-state index contributed by atoms with van der Waals surface area (Å²) in [5, 5.41) is 9.27. The van der Waals surface area contributed by atoms with Gasteiger partial charge in [-0.1, -0.05) is 6.92 Å². The molecule has 2 fully saturated rings. The van der Waals surface area contributed by atoms with Gasteiger partial charge in [0.2, 0.25) is 0 Å². The fourth-order valence-corrected chi connectivity index (χ4v) is 3.26. The molecule has 2 aliphatic rings. The van der Waals surface area contributed by atoms with Crippen LogP contribution >= 0.6 is 0 Å². The number of hydrogen-bond donors (Lipinski definition) is 1. The highest BCUT2D eigenvalue weighted by molar-refractivity contribution is 5.71. The van der Waals surface area contributed by atoms with E-state index in [1.807, 2.05) is 0 Å². The minimum absolute atomic E-state index is 0.0388. The zero-order valence-corrected chi connectivity index (χ0v) is 12.4. The number of rotatable bonds is 8. The lowest BCUT2D eigenvalue weighted by atomic mass is 10.0. The molecule has 2 aliphatic heterocycles. The van der Waals surface area contributed by atoms with E-state index in [1.165, 1.54) is 12.8 Å². The number of carbonyl (C=O) groups is 1. The second-order valence-corrected chi connectivity index (χ2v) is 5.86. The van der Waals surface area contributed by atoms with E-state index in [2.05, 4.69) is 11.8 Å². The molecule has 0 saturated carbocycles. The fourth-order valence-electron chi connectivity index (χ4n) is 3.26. The van der Waals surface area contributed by atoms with Crippen LogP contribution in [-0.2, 0) is 14.3 Å². The predicted molar refractivity (Wildman–Crippen MR) is 75.8 cm³/mol. The molecule has 116 valence electrons. The van der Waals surface area contributed by atoms with E-state index in [1.54, 1.807) is 0 Å². The monoisotopic (exact) mass is 285 g/mol. The smallest absolute Gasteiger partial charge is 0.310 e. The molecular weight excluding hydrogens is 258 g/mol. The fraction of sp³-hybridized carbons (Fsp3) is 0.933. The van der Waals surface area contributed by atoms with Gasteiger partial charge in [-0.15, -0.1) is 0 Å². The van der Waals surface area contributed by atoms with Crippen molar-refractivity contribution in [2.75, 3.05) is 32.9 Å². The van der Waals surface area contributed by atoms with Crippen LogP contribution in [0.5, 0.6) is 0 Å². The lowest BCUT2D eigenvalue weighted by Gasteiger charge is -2.30. The topological polar surface area (TPSA) is 59.0 Å². The molecule has 2 saturated heterocycles. The summed E-state index contributed by atoms with van der Waals surface area (Å²) < 4.78 is 11.0. The lowest BCUT2D eigenvalue weighted by Crippen LogP contribution is -2.44. The van der Waals surface area contributed by atoms with Crippen molar-refractivity contribution in [3.8, 4) is 0 Å². The third kappa shape index (κ3) is 4.17. The van der Waals surface area contributed by atoms with E-state index in [4.69, 9.17) is 9.47 Å². The molecule has 0 radical (unpaired) electrons. The SMILES string of the molecule is CCCN(CCCC1CCCO1)C1COCC1C(=O)O. The van der Waals surface area contributed by atoms with Crippen LogP contribution in [0.2, 0.25) is 0 Å². The normalized spacial score (nSPS) is 30.2. The van der Waals surface area contributed by atoms with Gasteiger partial charge in [0.05, 0.1) is 25.2 Å². The Balaban J connectivity index is 1.80. The Morgan fingerprint density at radius 2 is 2.20 bits per heavy atom. The predicted octanol–water partition coefficient (Wildman–Crippen LogP) is 1.76. The molecule has 0 bridgehead atoms. The minimum Gasteiger partial charge on any atom is -0.481 e. The lowest BCUT2D eigenvalue weighted by molar-refractivity contribution is -0.143. The molecule has 0 aromatic heterocycles. The van der Waals surface area contributed by atoms with E-state index in [-0.39, 0.29) is 12.0 Å². The molecule has 0 aromatic carbocycles. The van der Waals surface area contributed by atoms with Crippen molar-refractivity contribution in [3.63, 3.8) is 0 Å². The summed E-state index contributed by atoms with van der Waals surface area (Å²) in [5.41, 5.74) is 0. The van der Waals surface area contributed by atoms with Crippen molar-refractivity contribution in [1.29, 1.82) is 0 Å². The summed E-state index contributed by atoms with van der Waals surface area (Å²) in [7, 11) is 0. The Kier molecular flexibility index (Phi) is 6.26. The maximum absolute atomic E-state index is 11.3. The second kappa shape index (κ2) is 7.96. The molecule has 0 aromatic rings. The van der Waals surface area contributed by atoms with E-state index in [0.29, 0.717) is 19.3 Å². The van der Waals surface area contributed by atoms with Gasteiger partial charge in [-0.3, -0.25) is 9.69 Å². The van der Waals surface area contributed by atoms with Crippen LogP contribution in [0.1, 0.15) is 39.0 Å². The molecule has 0 aliphatic carbocycles. The molecule has 1 N–H and O–H groups in total. The zero-order chi connectivity index (χ0) is 14.4. The van der Waals surface area contributed by atoms with Crippen molar-refractivity contribution in [2.45, 2.75) is 51.2 Å². The number of carboxylic acid groups (broad SMARTS) is 1. The van der Waals surface area contributed by atoms with Gasteiger partial charge in [0.15, 0.2) is 0 Å². The Morgan fingerprint density at radius 1 is 1.35 bits per heavy atom. The number of nitrogens with zero attached hydrogens (tertiary/aromatic N) is 1. The van der Waals surface area contributed by atoms with Crippen molar-refractivity contribution < 1.29 is 19.4 Å². The number of hydrogen-bond acceptors (Lipinski definition) is 4. The quantitative estimate of drug-likeness (QED) is 0.736. The van der Waals surface area contributed by atoms with Gasteiger partial charge in [-0.2, -0.15) is 0 Å². The third-order valence-electron chi connectivity index (χ3n) is 4.34. The maximum Gasteiger partial charge on any atom is 0.310 e. The highest BCUT2D eigenvalue weighted by Crippen LogP contribution is 2.22. The van der Waals surface area contributed by atoms with Crippen molar-refractivity contribution in [3.05, 3.63) is 0 Å². The second-order valence-electron chi connectivity index (χ2n) is 5.86. The molecular formula is C15H27NO4. The molecule has 3 unspecified atom stereocenters. The molecule has 20 heavy (non-hydrogen) atoms. The summed E-state index contributed by atoms with van der Waals surface area (Å²) in [6.07, 6.45) is 5.99. The third-order valence-corrected chi connectivity index (χ3v) is 4.34. The summed E-state index contributed by atoms with van der Waals surface area (Å²) in [4.78, 5) is 13.6. The van der Waals surface area contributed by atoms with E-state index < -0.39 is 5.97 Å². The zero-order valence-electron chi connectivity index (χ0n) is 12.4. The maximum atomic E-state index is 11.3. The number of aliphatic carboxylic acids is 1. The first-order valence-electron chi connectivity index (χ1n) is 7.88. The number of ether oxygens (including phenoxy) is 2. The molecule has 2 heterocycles. The largest absolute Gasteiger partial charge is 0.481 e. The van der Waals surface area contributed by atoms with E-state index in [0.717, 1.165) is 39.0 Å². The van der Waals surface area contributed by atoms with Gasteiger partial charge < -0.3 is 14.6 Å². The highest BCUT2D eigenvalue weighted by Gasteiger charge is 2.37. The Labute approximate surface area is 121 Å². The van der Waals surface area contributed by atoms with Crippen LogP contribution in [0.15, 0.2) is 0 Å². The first-order valence-corrected chi connectivity index (χ1v) is 7.88. The summed E-state index contributed by atoms with van der Waals surface area (Å²) in [6.45, 7) is 5.84. The van der Waals surface area contributed by atoms with Gasteiger partial charge >= 0.3 is 5.97 Å². The average molecular weight is 285 g/mol. The molecule has 0 spiro atoms. The molecule has 3 atom stereocenters. The minimum atomic E-state index is -0.729. The molecule has 5 nitrogen and oxygen atoms in total. The summed E-state index contributed by atoms with van der Waals surface area (Å²) >= 11 is 0. The number of carboxylic acids is 1. The van der Waals surface area contributed by atoms with Crippen molar-refractivity contribution in [1.82, 2.24) is 4.90 Å². The first-order chi connectivity index (χ1) is 9.72. The van der Waals surface area contributed by atoms with Gasteiger partial charge in [0, 0.05) is 12.6 Å². The standard InChI is InChI=1S/C15H27NO4/c1-2-7-16(8-3-5-12-6-4-9-20-12)14-11-19-10-13(14)15(17)18/h12-14H,2-11H2,1H3,(H,17,18). The van der Waals surface area contributed by atoms with Gasteiger partial charge in [-0.25, -0.2) is 0 Å². The van der Waals surface area contributed by atoms with Crippen molar-refractivity contribution in [2.24, 2.45) is 5.92 Å². The molecule has 2 rings (SSSR count). The Morgan fingerprint density at radius 3 is 2.85 bits per heavy atom. The Hall–Kier alpha value is -0.650. The molecule has 0 amide bonds. The van der Waals surface area contributed by atoms with Gasteiger partial charge in [-0.05, 0) is 45.2 Å². The van der Waals surface area contributed by atoms with Crippen LogP contribution in [-0.4, -0.2) is 61.0 Å². The van der Waals surface area contributed by atoms with Gasteiger partial charge in [0.25, 0.3) is 0 Å². The van der Waals surface area contributed by atoms with Crippen LogP contribution in [0, 0.1) is 5.92 Å². The highest BCUT2D eigenvalue weighted by atomic mass is 16.5. The van der Waals surface area contributed by atoms with Crippen LogP contribution < -0.4 is 0 Å². The van der Waals surface area contributed by atoms with E-state index in [9.17, 15) is 9.90 Å². The average Bonchev–Trinajstić information content (AvgIpc) is 3.08. The van der Waals surface area contributed by atoms with Gasteiger partial charge in [0.1, 0.15) is 0 Å². The van der Waals surface area contributed by atoms with Crippen LogP contribution in [0.4, 0.5) is 0 Å². The summed E-state index contributed by atoms with van der Waals surface area (Å²) in [6, 6.07) is 0.0388. The van der Waals surface area contributed by atoms with E-state index >= 15 is 0 Å². The molecule has 5 heteroatoms. The summed E-state index contributed by atoms with van der Waals surface area (Å²) in [5.74, 6) is -1.10. The van der Waals surface area contributed by atoms with Crippen molar-refractivity contribution >= 4 is 5.97 Å². The van der Waals surface area contributed by atoms with Crippen LogP contribution in [0.25, 0.3) is 0 Å². The first kappa shape index (κ1) is 15.7. The van der Waals surface area contributed by atoms with Crippen LogP contribution in [0.3, 0.4) is 0 Å². The Bertz CT molecular complexity index is 304.